The van der Waals surface area contributed by atoms with E-state index in [0.29, 0.717) is 10.8 Å². The van der Waals surface area contributed by atoms with Crippen molar-refractivity contribution in [1.82, 2.24) is 10.2 Å². The Morgan fingerprint density at radius 1 is 1.23 bits per heavy atom. The summed E-state index contributed by atoms with van der Waals surface area (Å²) in [7, 11) is 0. The highest BCUT2D eigenvalue weighted by Gasteiger charge is 2.14. The van der Waals surface area contributed by atoms with Gasteiger partial charge in [0.25, 0.3) is 16.8 Å². The van der Waals surface area contributed by atoms with Gasteiger partial charge in [0.2, 0.25) is 0 Å². The Kier molecular flexibility index (Phi) is 5.43. The topological polar surface area (TPSA) is 91.3 Å². The third-order valence-electron chi connectivity index (χ3n) is 3.47. The lowest BCUT2D eigenvalue weighted by atomic mass is 10.1. The maximum atomic E-state index is 10.7. The third-order valence-corrected chi connectivity index (χ3v) is 4.81. The van der Waals surface area contributed by atoms with Crippen LogP contribution in [-0.4, -0.2) is 15.1 Å². The Hall–Kier alpha value is -2.58. The summed E-state index contributed by atoms with van der Waals surface area (Å²) in [5.74, 6) is 1.09. The second-order valence-electron chi connectivity index (χ2n) is 5.49. The highest BCUT2D eigenvalue weighted by atomic mass is 35.5. The van der Waals surface area contributed by atoms with Gasteiger partial charge in [-0.25, -0.2) is 0 Å². The lowest BCUT2D eigenvalue weighted by molar-refractivity contribution is -0.384. The van der Waals surface area contributed by atoms with Crippen LogP contribution in [0.25, 0.3) is 0 Å². The van der Waals surface area contributed by atoms with Gasteiger partial charge >= 0.3 is 0 Å². The molecule has 0 N–H and O–H groups in total. The fourth-order valence-corrected chi connectivity index (χ4v) is 3.11. The van der Waals surface area contributed by atoms with Gasteiger partial charge in [0.1, 0.15) is 5.75 Å². The molecule has 0 aliphatic rings. The zero-order valence-electron chi connectivity index (χ0n) is 13.9. The van der Waals surface area contributed by atoms with E-state index in [1.54, 1.807) is 6.07 Å². The Morgan fingerprint density at radius 2 is 2.04 bits per heavy atom. The molecule has 0 saturated carbocycles. The van der Waals surface area contributed by atoms with E-state index < -0.39 is 4.92 Å². The molecule has 1 heterocycles. The number of hydrogen-bond acceptors (Lipinski definition) is 7. The highest BCUT2D eigenvalue weighted by Crippen LogP contribution is 2.34. The average Bonchev–Trinajstić information content (AvgIpc) is 3.05. The molecule has 0 saturated heterocycles. The predicted octanol–water partition coefficient (Wildman–Crippen LogP) is 4.98. The average molecular weight is 392 g/mol. The van der Waals surface area contributed by atoms with E-state index in [4.69, 9.17) is 20.8 Å². The summed E-state index contributed by atoms with van der Waals surface area (Å²) in [4.78, 5) is 10.8. The van der Waals surface area contributed by atoms with Crippen molar-refractivity contribution in [3.05, 3.63) is 68.6 Å². The van der Waals surface area contributed by atoms with Gasteiger partial charge in [-0.2, -0.15) is 0 Å². The Labute approximate surface area is 158 Å². The van der Waals surface area contributed by atoms with Crippen LogP contribution in [0.3, 0.4) is 0 Å². The molecule has 0 spiro atoms. The lowest BCUT2D eigenvalue weighted by Gasteiger charge is -2.07. The number of ether oxygens (including phenoxy) is 1. The number of nitrogens with zero attached hydrogens (tertiary/aromatic N) is 3. The monoisotopic (exact) mass is 391 g/mol. The van der Waals surface area contributed by atoms with E-state index >= 15 is 0 Å². The number of halogens is 1. The molecule has 0 aliphatic heterocycles. The van der Waals surface area contributed by atoms with Gasteiger partial charge in [-0.3, -0.25) is 10.1 Å². The summed E-state index contributed by atoms with van der Waals surface area (Å²) in [5, 5.41) is 19.1. The van der Waals surface area contributed by atoms with Crippen molar-refractivity contribution in [3.63, 3.8) is 0 Å². The van der Waals surface area contributed by atoms with Gasteiger partial charge < -0.3 is 9.15 Å². The quantitative estimate of drug-likeness (QED) is 0.432. The van der Waals surface area contributed by atoms with E-state index in [1.165, 1.54) is 12.1 Å². The van der Waals surface area contributed by atoms with Crippen LogP contribution in [0.5, 0.6) is 5.75 Å². The van der Waals surface area contributed by atoms with Crippen molar-refractivity contribution in [2.24, 2.45) is 0 Å². The van der Waals surface area contributed by atoms with Crippen molar-refractivity contribution in [1.29, 1.82) is 0 Å². The van der Waals surface area contributed by atoms with Gasteiger partial charge in [-0.1, -0.05) is 23.7 Å². The molecule has 0 radical (unpaired) electrons. The Bertz CT molecular complexity index is 961. The third kappa shape index (κ3) is 4.33. The standard InChI is InChI=1S/C17H14ClN3O4S/c1-10-3-4-11(2)14(7-10)24-9-16-19-20-17(25-16)26-15-6-5-12(21(22)23)8-13(15)18/h3-8H,9H2,1-2H3. The number of hydrogen-bond donors (Lipinski definition) is 0. The molecule has 9 heteroatoms. The van der Waals surface area contributed by atoms with Crippen molar-refractivity contribution < 1.29 is 14.1 Å². The lowest BCUT2D eigenvalue weighted by Crippen LogP contribution is -1.97. The molecule has 0 unspecified atom stereocenters. The first-order valence-electron chi connectivity index (χ1n) is 7.56. The van der Waals surface area contributed by atoms with E-state index in [0.717, 1.165) is 28.6 Å². The first-order chi connectivity index (χ1) is 12.4. The molecular weight excluding hydrogens is 378 g/mol. The zero-order valence-corrected chi connectivity index (χ0v) is 15.5. The SMILES string of the molecule is Cc1ccc(C)c(OCc2nnc(Sc3ccc([N+](=O)[O-])cc3Cl)o2)c1. The summed E-state index contributed by atoms with van der Waals surface area (Å²) >= 11 is 7.20. The second kappa shape index (κ2) is 7.76. The fourth-order valence-electron chi connectivity index (χ4n) is 2.12. The number of aromatic nitrogens is 2. The van der Waals surface area contributed by atoms with Crippen LogP contribution in [0, 0.1) is 24.0 Å². The normalized spacial score (nSPS) is 10.7. The number of rotatable bonds is 6. The summed E-state index contributed by atoms with van der Waals surface area (Å²) in [6.07, 6.45) is 0. The molecule has 134 valence electrons. The number of benzene rings is 2. The summed E-state index contributed by atoms with van der Waals surface area (Å²) < 4.78 is 11.3. The minimum Gasteiger partial charge on any atom is -0.484 e. The maximum Gasteiger partial charge on any atom is 0.281 e. The van der Waals surface area contributed by atoms with E-state index in [9.17, 15) is 10.1 Å². The van der Waals surface area contributed by atoms with Gasteiger partial charge in [-0.05, 0) is 48.9 Å². The van der Waals surface area contributed by atoms with Crippen LogP contribution in [0.2, 0.25) is 5.02 Å². The minimum atomic E-state index is -0.504. The maximum absolute atomic E-state index is 10.7. The summed E-state index contributed by atoms with van der Waals surface area (Å²) in [6.45, 7) is 4.09. The largest absolute Gasteiger partial charge is 0.484 e. The number of nitro groups is 1. The highest BCUT2D eigenvalue weighted by molar-refractivity contribution is 7.99. The van der Waals surface area contributed by atoms with Crippen LogP contribution in [0.15, 0.2) is 50.9 Å². The molecule has 0 aliphatic carbocycles. The van der Waals surface area contributed by atoms with Crippen LogP contribution in [-0.2, 0) is 6.61 Å². The van der Waals surface area contributed by atoms with Gasteiger partial charge in [-0.15, -0.1) is 10.2 Å². The second-order valence-corrected chi connectivity index (χ2v) is 6.89. The summed E-state index contributed by atoms with van der Waals surface area (Å²) in [6, 6.07) is 10.1. The summed E-state index contributed by atoms with van der Waals surface area (Å²) in [5.41, 5.74) is 2.04. The minimum absolute atomic E-state index is 0.0764. The van der Waals surface area contributed by atoms with Crippen LogP contribution in [0.4, 0.5) is 5.69 Å². The molecular formula is C17H14ClN3O4S. The molecule has 3 rings (SSSR count). The predicted molar refractivity (Wildman–Crippen MR) is 96.8 cm³/mol. The van der Waals surface area contributed by atoms with Crippen molar-refractivity contribution in [2.45, 2.75) is 30.6 Å². The molecule has 7 nitrogen and oxygen atoms in total. The Balaban J connectivity index is 1.66. The Morgan fingerprint density at radius 3 is 2.77 bits per heavy atom. The first-order valence-corrected chi connectivity index (χ1v) is 8.76. The molecule has 0 fully saturated rings. The molecule has 1 aromatic heterocycles. The smallest absolute Gasteiger partial charge is 0.281 e. The van der Waals surface area contributed by atoms with Gasteiger partial charge in [0, 0.05) is 17.0 Å². The van der Waals surface area contributed by atoms with E-state index in [1.807, 2.05) is 32.0 Å². The van der Waals surface area contributed by atoms with Crippen molar-refractivity contribution in [3.8, 4) is 5.75 Å². The molecule has 26 heavy (non-hydrogen) atoms. The number of aryl methyl sites for hydroxylation is 2. The molecule has 0 bridgehead atoms. The van der Waals surface area contributed by atoms with Crippen molar-refractivity contribution in [2.75, 3.05) is 0 Å². The van der Waals surface area contributed by atoms with Crippen molar-refractivity contribution >= 4 is 29.1 Å². The van der Waals surface area contributed by atoms with Crippen LogP contribution in [0.1, 0.15) is 17.0 Å². The molecule has 0 atom stereocenters. The fraction of sp³-hybridized carbons (Fsp3) is 0.176. The van der Waals surface area contributed by atoms with E-state index in [2.05, 4.69) is 10.2 Å². The zero-order chi connectivity index (χ0) is 18.7. The van der Waals surface area contributed by atoms with E-state index in [-0.39, 0.29) is 22.5 Å². The van der Waals surface area contributed by atoms with Gasteiger partial charge in [0.15, 0.2) is 6.61 Å². The molecule has 0 amide bonds. The van der Waals surface area contributed by atoms with Crippen LogP contribution < -0.4 is 4.74 Å². The van der Waals surface area contributed by atoms with Gasteiger partial charge in [0.05, 0.1) is 9.95 Å². The molecule has 2 aromatic carbocycles. The molecule has 3 aromatic rings. The number of nitro benzene ring substituents is 1. The first kappa shape index (κ1) is 18.2. The number of non-ortho nitro benzene ring substituents is 1. The van der Waals surface area contributed by atoms with Crippen LogP contribution >= 0.6 is 23.4 Å².